The Morgan fingerprint density at radius 3 is 2.50 bits per heavy atom. The van der Waals surface area contributed by atoms with Crippen molar-refractivity contribution in [2.75, 3.05) is 11.3 Å². The van der Waals surface area contributed by atoms with Gasteiger partial charge < -0.3 is 9.26 Å². The topological polar surface area (TPSA) is 81.4 Å². The Kier molecular flexibility index (Phi) is 5.27. The van der Waals surface area contributed by atoms with Crippen molar-refractivity contribution in [3.05, 3.63) is 60.4 Å². The maximum atomic E-state index is 12.4. The van der Waals surface area contributed by atoms with E-state index in [1.807, 2.05) is 24.3 Å². The third kappa shape index (κ3) is 4.23. The van der Waals surface area contributed by atoms with Gasteiger partial charge in [0.1, 0.15) is 11.5 Å². The molecular formula is C19H20N2O4S. The van der Waals surface area contributed by atoms with E-state index < -0.39 is 10.0 Å². The molecule has 7 heteroatoms. The van der Waals surface area contributed by atoms with Crippen LogP contribution in [-0.4, -0.2) is 20.2 Å². The second kappa shape index (κ2) is 7.61. The van der Waals surface area contributed by atoms with Gasteiger partial charge in [-0.25, -0.2) is 8.42 Å². The van der Waals surface area contributed by atoms with Crippen molar-refractivity contribution >= 4 is 15.8 Å². The SMILES string of the molecule is CCCOc1cccc(-c2ccc(S(=O)(=O)Nc3cc(C)on3)cc2)c1. The number of benzene rings is 2. The first kappa shape index (κ1) is 18.0. The van der Waals surface area contributed by atoms with Crippen LogP contribution in [0.25, 0.3) is 11.1 Å². The minimum atomic E-state index is -3.72. The molecule has 2 aromatic carbocycles. The van der Waals surface area contributed by atoms with Gasteiger partial charge >= 0.3 is 0 Å². The summed E-state index contributed by atoms with van der Waals surface area (Å²) >= 11 is 0. The number of nitrogens with one attached hydrogen (secondary N) is 1. The number of aryl methyl sites for hydroxylation is 1. The Labute approximate surface area is 152 Å². The number of hydrogen-bond acceptors (Lipinski definition) is 5. The zero-order valence-electron chi connectivity index (χ0n) is 14.6. The highest BCUT2D eigenvalue weighted by Gasteiger charge is 2.16. The number of rotatable bonds is 7. The van der Waals surface area contributed by atoms with Gasteiger partial charge in [-0.1, -0.05) is 36.3 Å². The molecule has 6 nitrogen and oxygen atoms in total. The van der Waals surface area contributed by atoms with Gasteiger partial charge in [-0.15, -0.1) is 0 Å². The van der Waals surface area contributed by atoms with Crippen LogP contribution in [0.2, 0.25) is 0 Å². The summed E-state index contributed by atoms with van der Waals surface area (Å²) in [4.78, 5) is 0.153. The number of aromatic nitrogens is 1. The molecule has 0 aliphatic carbocycles. The number of nitrogens with zero attached hydrogens (tertiary/aromatic N) is 1. The van der Waals surface area contributed by atoms with Crippen LogP contribution in [0.5, 0.6) is 5.75 Å². The molecule has 0 bridgehead atoms. The van der Waals surface area contributed by atoms with Gasteiger partial charge in [-0.05, 0) is 48.7 Å². The van der Waals surface area contributed by atoms with Gasteiger partial charge in [0, 0.05) is 6.07 Å². The van der Waals surface area contributed by atoms with Crippen LogP contribution in [0.4, 0.5) is 5.82 Å². The zero-order valence-corrected chi connectivity index (χ0v) is 15.4. The molecule has 0 aliphatic rings. The summed E-state index contributed by atoms with van der Waals surface area (Å²) in [6, 6.07) is 15.9. The van der Waals surface area contributed by atoms with Crippen LogP contribution in [0.1, 0.15) is 19.1 Å². The fourth-order valence-corrected chi connectivity index (χ4v) is 3.41. The molecule has 0 amide bonds. The van der Waals surface area contributed by atoms with Crippen LogP contribution >= 0.6 is 0 Å². The van der Waals surface area contributed by atoms with Crippen molar-refractivity contribution in [3.8, 4) is 16.9 Å². The molecule has 0 saturated carbocycles. The molecule has 0 unspecified atom stereocenters. The van der Waals surface area contributed by atoms with Crippen molar-refractivity contribution in [2.45, 2.75) is 25.2 Å². The second-order valence-electron chi connectivity index (χ2n) is 5.83. The summed E-state index contributed by atoms with van der Waals surface area (Å²) < 4.78 is 37.7. The van der Waals surface area contributed by atoms with Crippen LogP contribution < -0.4 is 9.46 Å². The lowest BCUT2D eigenvalue weighted by molar-refractivity contribution is 0.317. The third-order valence-corrected chi connectivity index (χ3v) is 5.04. The van der Waals surface area contributed by atoms with Crippen molar-refractivity contribution in [1.29, 1.82) is 0 Å². The van der Waals surface area contributed by atoms with Crippen LogP contribution in [0.3, 0.4) is 0 Å². The van der Waals surface area contributed by atoms with Gasteiger partial charge in [0.15, 0.2) is 5.82 Å². The van der Waals surface area contributed by atoms with Gasteiger partial charge in [0.2, 0.25) is 0 Å². The van der Waals surface area contributed by atoms with E-state index in [2.05, 4.69) is 16.8 Å². The fourth-order valence-electron chi connectivity index (χ4n) is 2.42. The Morgan fingerprint density at radius 2 is 1.85 bits per heavy atom. The summed E-state index contributed by atoms with van der Waals surface area (Å²) in [7, 11) is -3.72. The van der Waals surface area contributed by atoms with E-state index in [1.165, 1.54) is 6.07 Å². The summed E-state index contributed by atoms with van der Waals surface area (Å²) in [6.45, 7) is 4.41. The van der Waals surface area contributed by atoms with Crippen LogP contribution in [0, 0.1) is 6.92 Å². The molecule has 136 valence electrons. The minimum Gasteiger partial charge on any atom is -0.494 e. The normalized spacial score (nSPS) is 11.3. The van der Waals surface area contributed by atoms with Gasteiger partial charge in [0.25, 0.3) is 10.0 Å². The van der Waals surface area contributed by atoms with Gasteiger partial charge in [0.05, 0.1) is 11.5 Å². The quantitative estimate of drug-likeness (QED) is 0.671. The van der Waals surface area contributed by atoms with Gasteiger partial charge in [-0.2, -0.15) is 0 Å². The Balaban J connectivity index is 1.79. The Morgan fingerprint density at radius 1 is 1.08 bits per heavy atom. The molecule has 26 heavy (non-hydrogen) atoms. The summed E-state index contributed by atoms with van der Waals surface area (Å²) in [5, 5.41) is 3.65. The number of ether oxygens (including phenoxy) is 1. The zero-order chi connectivity index (χ0) is 18.6. The molecule has 3 rings (SSSR count). The lowest BCUT2D eigenvalue weighted by atomic mass is 10.1. The second-order valence-corrected chi connectivity index (χ2v) is 7.51. The van der Waals surface area contributed by atoms with Crippen molar-refractivity contribution in [1.82, 2.24) is 5.16 Å². The number of anilines is 1. The summed E-state index contributed by atoms with van der Waals surface area (Å²) in [5.41, 5.74) is 1.87. The first-order valence-electron chi connectivity index (χ1n) is 8.27. The summed E-state index contributed by atoms with van der Waals surface area (Å²) in [5.74, 6) is 1.49. The Bertz CT molecular complexity index is 979. The average Bonchev–Trinajstić information content (AvgIpc) is 3.04. The average molecular weight is 372 g/mol. The predicted octanol–water partition coefficient (Wildman–Crippen LogP) is 4.24. The fraction of sp³-hybridized carbons (Fsp3) is 0.211. The van der Waals surface area contributed by atoms with Gasteiger partial charge in [-0.3, -0.25) is 4.72 Å². The maximum Gasteiger partial charge on any atom is 0.263 e. The standard InChI is InChI=1S/C19H20N2O4S/c1-3-11-24-17-6-4-5-16(13-17)15-7-9-18(10-8-15)26(22,23)21-19-12-14(2)25-20-19/h4-10,12-13H,3,11H2,1-2H3,(H,20,21). The molecular weight excluding hydrogens is 352 g/mol. The predicted molar refractivity (Wildman–Crippen MR) is 99.7 cm³/mol. The molecule has 0 atom stereocenters. The molecule has 0 fully saturated rings. The molecule has 1 heterocycles. The smallest absolute Gasteiger partial charge is 0.263 e. The minimum absolute atomic E-state index is 0.153. The van der Waals surface area contributed by atoms with E-state index in [0.717, 1.165) is 23.3 Å². The molecule has 0 saturated heterocycles. The largest absolute Gasteiger partial charge is 0.494 e. The van der Waals surface area contributed by atoms with E-state index in [9.17, 15) is 8.42 Å². The summed E-state index contributed by atoms with van der Waals surface area (Å²) in [6.07, 6.45) is 0.939. The van der Waals surface area contributed by atoms with E-state index in [1.54, 1.807) is 31.2 Å². The lowest BCUT2D eigenvalue weighted by Crippen LogP contribution is -2.13. The van der Waals surface area contributed by atoms with E-state index in [-0.39, 0.29) is 10.7 Å². The highest BCUT2D eigenvalue weighted by atomic mass is 32.2. The molecule has 1 aromatic heterocycles. The van der Waals surface area contributed by atoms with Crippen molar-refractivity contribution in [2.24, 2.45) is 0 Å². The van der Waals surface area contributed by atoms with E-state index >= 15 is 0 Å². The highest BCUT2D eigenvalue weighted by Crippen LogP contribution is 2.26. The molecule has 3 aromatic rings. The van der Waals surface area contributed by atoms with Crippen molar-refractivity contribution in [3.63, 3.8) is 0 Å². The lowest BCUT2D eigenvalue weighted by Gasteiger charge is -2.09. The first-order valence-corrected chi connectivity index (χ1v) is 9.76. The first-order chi connectivity index (χ1) is 12.5. The van der Waals surface area contributed by atoms with E-state index in [4.69, 9.17) is 9.26 Å². The highest BCUT2D eigenvalue weighted by molar-refractivity contribution is 7.92. The van der Waals surface area contributed by atoms with Crippen LogP contribution in [0.15, 0.2) is 64.0 Å². The number of hydrogen-bond donors (Lipinski definition) is 1. The molecule has 0 aliphatic heterocycles. The number of sulfonamides is 1. The van der Waals surface area contributed by atoms with E-state index in [0.29, 0.717) is 12.4 Å². The molecule has 0 radical (unpaired) electrons. The third-order valence-electron chi connectivity index (χ3n) is 3.67. The monoisotopic (exact) mass is 372 g/mol. The Hall–Kier alpha value is -2.80. The molecule has 0 spiro atoms. The molecule has 1 N–H and O–H groups in total. The van der Waals surface area contributed by atoms with Crippen molar-refractivity contribution < 1.29 is 17.7 Å². The maximum absolute atomic E-state index is 12.4. The van der Waals surface area contributed by atoms with Crippen LogP contribution in [-0.2, 0) is 10.0 Å².